The Hall–Kier alpha value is -5.68. The van der Waals surface area contributed by atoms with Crippen molar-refractivity contribution in [3.63, 3.8) is 0 Å². The lowest BCUT2D eigenvalue weighted by molar-refractivity contribution is 0.672. The molecule has 0 aliphatic rings. The number of aromatic nitrogens is 4. The molecule has 0 atom stereocenters. The van der Waals surface area contributed by atoms with Crippen LogP contribution in [0, 0.1) is 0 Å². The smallest absolute Gasteiger partial charge is 0.160 e. The highest BCUT2D eigenvalue weighted by molar-refractivity contribution is 6.18. The summed E-state index contributed by atoms with van der Waals surface area (Å²) in [5, 5.41) is 2.98. The third-order valence-corrected chi connectivity index (χ3v) is 7.34. The summed E-state index contributed by atoms with van der Waals surface area (Å²) in [4.78, 5) is 19.8. The average Bonchev–Trinajstić information content (AvgIpc) is 3.45. The van der Waals surface area contributed by atoms with Crippen molar-refractivity contribution in [2.75, 3.05) is 0 Å². The van der Waals surface area contributed by atoms with Gasteiger partial charge in [0.2, 0.25) is 0 Å². The summed E-state index contributed by atoms with van der Waals surface area (Å²) in [6, 6.07) is 42.5. The summed E-state index contributed by atoms with van der Waals surface area (Å²) in [5.74, 6) is 0.675. The predicted molar refractivity (Wildman–Crippen MR) is 164 cm³/mol. The number of hydrogen-bond acceptors (Lipinski definition) is 5. The van der Waals surface area contributed by atoms with E-state index in [1.165, 1.54) is 0 Å². The quantitative estimate of drug-likeness (QED) is 0.229. The average molecular weight is 527 g/mol. The Morgan fingerprint density at radius 2 is 1.15 bits per heavy atom. The zero-order valence-electron chi connectivity index (χ0n) is 21.9. The summed E-state index contributed by atoms with van der Waals surface area (Å²) >= 11 is 0. The van der Waals surface area contributed by atoms with Crippen LogP contribution in [0.2, 0.25) is 0 Å². The molecule has 0 amide bonds. The number of para-hydroxylation sites is 2. The van der Waals surface area contributed by atoms with E-state index in [4.69, 9.17) is 24.4 Å². The van der Waals surface area contributed by atoms with Crippen LogP contribution < -0.4 is 0 Å². The molecule has 5 nitrogen and oxygen atoms in total. The molecule has 0 saturated carbocycles. The molecule has 5 heteroatoms. The lowest BCUT2D eigenvalue weighted by Crippen LogP contribution is -1.96. The number of benzene rings is 4. The third kappa shape index (κ3) is 4.03. The van der Waals surface area contributed by atoms with Gasteiger partial charge in [0, 0.05) is 33.7 Å². The van der Waals surface area contributed by atoms with Crippen molar-refractivity contribution in [1.82, 2.24) is 19.9 Å². The molecule has 0 spiro atoms. The number of hydrogen-bond donors (Lipinski definition) is 0. The molecule has 4 heterocycles. The number of fused-ring (bicyclic) bond motifs is 5. The van der Waals surface area contributed by atoms with Crippen molar-refractivity contribution in [3.8, 4) is 45.3 Å². The highest BCUT2D eigenvalue weighted by Gasteiger charge is 2.18. The second kappa shape index (κ2) is 9.50. The van der Waals surface area contributed by atoms with Gasteiger partial charge in [-0.15, -0.1) is 0 Å². The maximum Gasteiger partial charge on any atom is 0.160 e. The van der Waals surface area contributed by atoms with Gasteiger partial charge in [0.1, 0.15) is 16.9 Å². The van der Waals surface area contributed by atoms with Crippen LogP contribution in [0.1, 0.15) is 0 Å². The second-order valence-electron chi connectivity index (χ2n) is 9.91. The van der Waals surface area contributed by atoms with Gasteiger partial charge in [-0.25, -0.2) is 15.0 Å². The largest absolute Gasteiger partial charge is 0.455 e. The molecule has 0 N–H and O–H groups in total. The Morgan fingerprint density at radius 3 is 1.90 bits per heavy atom. The molecule has 0 bridgehead atoms. The van der Waals surface area contributed by atoms with Crippen molar-refractivity contribution >= 4 is 32.8 Å². The fraction of sp³-hybridized carbons (Fsp3) is 0. The molecule has 4 aromatic heterocycles. The first-order valence-electron chi connectivity index (χ1n) is 13.5. The standard InChI is InChI=1S/C36H22N4O/c1-3-11-23(12-4-1)30-21-31(40-36(39-30)24-13-5-2-6-14-24)25-19-20-29(37-22-25)34-33-27-16-8-10-18-32(27)41-35(33)26-15-7-9-17-28(26)38-34/h1-22H. The van der Waals surface area contributed by atoms with Gasteiger partial charge in [-0.2, -0.15) is 0 Å². The van der Waals surface area contributed by atoms with Crippen LogP contribution in [0.5, 0.6) is 0 Å². The molecular formula is C36H22N4O. The first-order valence-corrected chi connectivity index (χ1v) is 13.5. The van der Waals surface area contributed by atoms with Crippen molar-refractivity contribution < 1.29 is 4.42 Å². The van der Waals surface area contributed by atoms with Crippen LogP contribution >= 0.6 is 0 Å². The molecule has 0 aliphatic heterocycles. The molecule has 0 unspecified atom stereocenters. The first kappa shape index (κ1) is 23.2. The van der Waals surface area contributed by atoms with E-state index in [9.17, 15) is 0 Å². The fourth-order valence-corrected chi connectivity index (χ4v) is 5.35. The Labute approximate surface area is 235 Å². The van der Waals surface area contributed by atoms with E-state index in [0.717, 1.165) is 72.3 Å². The zero-order valence-corrected chi connectivity index (χ0v) is 21.9. The number of nitrogens with zero attached hydrogens (tertiary/aromatic N) is 4. The van der Waals surface area contributed by atoms with E-state index < -0.39 is 0 Å². The van der Waals surface area contributed by atoms with Crippen molar-refractivity contribution in [2.24, 2.45) is 0 Å². The van der Waals surface area contributed by atoms with Crippen LogP contribution in [0.25, 0.3) is 78.1 Å². The molecule has 0 saturated heterocycles. The highest BCUT2D eigenvalue weighted by Crippen LogP contribution is 2.39. The molecule has 0 radical (unpaired) electrons. The van der Waals surface area contributed by atoms with Gasteiger partial charge in [0.25, 0.3) is 0 Å². The van der Waals surface area contributed by atoms with Crippen LogP contribution in [0.4, 0.5) is 0 Å². The predicted octanol–water partition coefficient (Wildman–Crippen LogP) is 8.99. The van der Waals surface area contributed by atoms with E-state index in [1.54, 1.807) is 0 Å². The minimum absolute atomic E-state index is 0.675. The van der Waals surface area contributed by atoms with E-state index in [2.05, 4.69) is 30.3 Å². The summed E-state index contributed by atoms with van der Waals surface area (Å²) in [7, 11) is 0. The van der Waals surface area contributed by atoms with Crippen molar-refractivity contribution in [1.29, 1.82) is 0 Å². The Balaban J connectivity index is 1.29. The minimum atomic E-state index is 0.675. The molecular weight excluding hydrogens is 504 g/mol. The number of pyridine rings is 2. The fourth-order valence-electron chi connectivity index (χ4n) is 5.35. The van der Waals surface area contributed by atoms with Gasteiger partial charge >= 0.3 is 0 Å². The summed E-state index contributed by atoms with van der Waals surface area (Å²) in [6.45, 7) is 0. The maximum absolute atomic E-state index is 6.35. The van der Waals surface area contributed by atoms with Crippen LogP contribution in [-0.4, -0.2) is 19.9 Å². The van der Waals surface area contributed by atoms with Gasteiger partial charge in [-0.05, 0) is 36.4 Å². The lowest BCUT2D eigenvalue weighted by atomic mass is 10.0. The van der Waals surface area contributed by atoms with E-state index >= 15 is 0 Å². The van der Waals surface area contributed by atoms with Crippen LogP contribution in [0.3, 0.4) is 0 Å². The zero-order chi connectivity index (χ0) is 27.2. The Kier molecular flexibility index (Phi) is 5.38. The van der Waals surface area contributed by atoms with Gasteiger partial charge in [0.15, 0.2) is 5.82 Å². The molecule has 0 aliphatic carbocycles. The topological polar surface area (TPSA) is 64.7 Å². The maximum atomic E-state index is 6.35. The minimum Gasteiger partial charge on any atom is -0.455 e. The summed E-state index contributed by atoms with van der Waals surface area (Å²) in [5.41, 5.74) is 8.68. The van der Waals surface area contributed by atoms with Gasteiger partial charge in [-0.1, -0.05) is 91.0 Å². The van der Waals surface area contributed by atoms with E-state index in [0.29, 0.717) is 5.82 Å². The highest BCUT2D eigenvalue weighted by atomic mass is 16.3. The monoisotopic (exact) mass is 526 g/mol. The lowest BCUT2D eigenvalue weighted by Gasteiger charge is -2.10. The normalized spacial score (nSPS) is 11.4. The molecule has 8 rings (SSSR count). The van der Waals surface area contributed by atoms with Crippen LogP contribution in [0.15, 0.2) is 138 Å². The SMILES string of the molecule is c1ccc(-c2cc(-c3ccc(-c4nc5ccccc5c5oc6ccccc6c45)nc3)nc(-c3ccccc3)n2)cc1. The summed E-state index contributed by atoms with van der Waals surface area (Å²) < 4.78 is 6.35. The molecule has 192 valence electrons. The number of furan rings is 1. The molecule has 0 fully saturated rings. The van der Waals surface area contributed by atoms with Crippen molar-refractivity contribution in [3.05, 3.63) is 134 Å². The van der Waals surface area contributed by atoms with E-state index in [1.807, 2.05) is 103 Å². The third-order valence-electron chi connectivity index (χ3n) is 7.34. The van der Waals surface area contributed by atoms with Gasteiger partial charge < -0.3 is 4.42 Å². The Bertz CT molecular complexity index is 2130. The van der Waals surface area contributed by atoms with Gasteiger partial charge in [0.05, 0.1) is 28.0 Å². The molecule has 41 heavy (non-hydrogen) atoms. The Morgan fingerprint density at radius 1 is 0.488 bits per heavy atom. The number of rotatable bonds is 4. The summed E-state index contributed by atoms with van der Waals surface area (Å²) in [6.07, 6.45) is 1.87. The van der Waals surface area contributed by atoms with Gasteiger partial charge in [-0.3, -0.25) is 4.98 Å². The molecule has 8 aromatic rings. The van der Waals surface area contributed by atoms with E-state index in [-0.39, 0.29) is 0 Å². The van der Waals surface area contributed by atoms with Crippen LogP contribution in [-0.2, 0) is 0 Å². The first-order chi connectivity index (χ1) is 20.3. The molecule has 4 aromatic carbocycles. The second-order valence-corrected chi connectivity index (χ2v) is 9.91. The van der Waals surface area contributed by atoms with Crippen molar-refractivity contribution in [2.45, 2.75) is 0 Å².